The molecule has 140 valence electrons. The highest BCUT2D eigenvalue weighted by atomic mass is 16.5. The quantitative estimate of drug-likeness (QED) is 0.855. The fourth-order valence-electron chi connectivity index (χ4n) is 4.21. The topological polar surface area (TPSA) is 59.4 Å². The van der Waals surface area contributed by atoms with Crippen LogP contribution in [0.15, 0.2) is 17.2 Å². The minimum Gasteiger partial charge on any atom is -0.379 e. The highest BCUT2D eigenvalue weighted by molar-refractivity contribution is 5.32. The second-order valence-electron chi connectivity index (χ2n) is 7.87. The molecule has 2 fully saturated rings. The van der Waals surface area contributed by atoms with Crippen molar-refractivity contribution < 1.29 is 4.74 Å². The van der Waals surface area contributed by atoms with Gasteiger partial charge in [0, 0.05) is 44.1 Å². The van der Waals surface area contributed by atoms with Crippen molar-refractivity contribution in [3.8, 4) is 0 Å². The Labute approximate surface area is 150 Å². The fourth-order valence-corrected chi connectivity index (χ4v) is 4.21. The Balaban J connectivity index is 1.74. The number of anilines is 1. The van der Waals surface area contributed by atoms with Gasteiger partial charge in [0.25, 0.3) is 5.56 Å². The molecule has 0 unspecified atom stereocenters. The van der Waals surface area contributed by atoms with E-state index in [1.807, 2.05) is 0 Å². The molecule has 0 atom stereocenters. The van der Waals surface area contributed by atoms with Crippen LogP contribution in [0.4, 0.5) is 5.82 Å². The zero-order valence-electron chi connectivity index (χ0n) is 15.7. The van der Waals surface area contributed by atoms with Crippen LogP contribution in [0.3, 0.4) is 0 Å². The molecule has 1 saturated heterocycles. The van der Waals surface area contributed by atoms with Crippen molar-refractivity contribution >= 4 is 5.82 Å². The van der Waals surface area contributed by atoms with Crippen LogP contribution >= 0.6 is 0 Å². The van der Waals surface area contributed by atoms with Crippen molar-refractivity contribution in [1.82, 2.24) is 14.5 Å². The van der Waals surface area contributed by atoms with Gasteiger partial charge >= 0.3 is 0 Å². The van der Waals surface area contributed by atoms with Crippen LogP contribution in [0.1, 0.15) is 46.0 Å². The molecule has 0 amide bonds. The number of nitrogens with zero attached hydrogens (tertiary/aromatic N) is 3. The summed E-state index contributed by atoms with van der Waals surface area (Å²) in [5, 5.41) is 3.41. The van der Waals surface area contributed by atoms with Crippen LogP contribution in [-0.2, 0) is 11.3 Å². The van der Waals surface area contributed by atoms with Gasteiger partial charge in [-0.05, 0) is 18.8 Å². The van der Waals surface area contributed by atoms with Crippen molar-refractivity contribution in [3.05, 3.63) is 22.7 Å². The first-order valence-corrected chi connectivity index (χ1v) is 9.73. The summed E-state index contributed by atoms with van der Waals surface area (Å²) in [5.41, 5.74) is 0.124. The molecule has 1 aliphatic carbocycles. The Morgan fingerprint density at radius 3 is 2.64 bits per heavy atom. The molecule has 1 aromatic heterocycles. The summed E-state index contributed by atoms with van der Waals surface area (Å²) in [4.78, 5) is 19.6. The summed E-state index contributed by atoms with van der Waals surface area (Å²) in [5.74, 6) is 0.923. The molecule has 1 aromatic rings. The molecule has 6 heteroatoms. The molecule has 1 saturated carbocycles. The molecule has 0 radical (unpaired) electrons. The predicted molar refractivity (Wildman–Crippen MR) is 100 cm³/mol. The van der Waals surface area contributed by atoms with Gasteiger partial charge in [0.1, 0.15) is 0 Å². The molecule has 25 heavy (non-hydrogen) atoms. The van der Waals surface area contributed by atoms with Gasteiger partial charge in [-0.3, -0.25) is 9.69 Å². The van der Waals surface area contributed by atoms with E-state index in [1.54, 1.807) is 17.0 Å². The van der Waals surface area contributed by atoms with Crippen LogP contribution in [0.2, 0.25) is 0 Å². The zero-order valence-corrected chi connectivity index (χ0v) is 15.7. The van der Waals surface area contributed by atoms with Crippen molar-refractivity contribution in [1.29, 1.82) is 0 Å². The molecule has 2 heterocycles. The molecule has 0 bridgehead atoms. The lowest BCUT2D eigenvalue weighted by atomic mass is 9.79. The van der Waals surface area contributed by atoms with Gasteiger partial charge in [-0.15, -0.1) is 0 Å². The standard InChI is InChI=1S/C19H32N4O2/c1-16(2)14-22-9-8-20-17(18(22)24)21-15-19(6-4-3-5-7-19)23-10-12-25-13-11-23/h8-9,16H,3-7,10-15H2,1-2H3,(H,20,21). The number of hydrogen-bond donors (Lipinski definition) is 1. The Hall–Kier alpha value is -1.40. The summed E-state index contributed by atoms with van der Waals surface area (Å²) in [6.45, 7) is 9.36. The second-order valence-corrected chi connectivity index (χ2v) is 7.87. The van der Waals surface area contributed by atoms with Crippen molar-refractivity contribution in [2.45, 2.75) is 58.0 Å². The first kappa shape index (κ1) is 18.4. The maximum absolute atomic E-state index is 12.7. The Morgan fingerprint density at radius 1 is 1.24 bits per heavy atom. The Morgan fingerprint density at radius 2 is 1.96 bits per heavy atom. The number of nitrogens with one attached hydrogen (secondary N) is 1. The highest BCUT2D eigenvalue weighted by Gasteiger charge is 2.38. The van der Waals surface area contributed by atoms with Crippen LogP contribution in [0.25, 0.3) is 0 Å². The van der Waals surface area contributed by atoms with Crippen molar-refractivity contribution in [2.75, 3.05) is 38.2 Å². The van der Waals surface area contributed by atoms with Crippen LogP contribution in [0, 0.1) is 5.92 Å². The van der Waals surface area contributed by atoms with Gasteiger partial charge in [0.15, 0.2) is 5.82 Å². The molecular weight excluding hydrogens is 316 g/mol. The van der Waals surface area contributed by atoms with E-state index in [2.05, 4.69) is 29.0 Å². The average Bonchev–Trinajstić information content (AvgIpc) is 2.64. The third kappa shape index (κ3) is 4.42. The van der Waals surface area contributed by atoms with E-state index in [0.717, 1.165) is 39.4 Å². The SMILES string of the molecule is CC(C)Cn1ccnc(NCC2(N3CCOCC3)CCCCC2)c1=O. The summed E-state index contributed by atoms with van der Waals surface area (Å²) in [6, 6.07) is 0. The third-order valence-electron chi connectivity index (χ3n) is 5.53. The monoisotopic (exact) mass is 348 g/mol. The van der Waals surface area contributed by atoms with Gasteiger partial charge < -0.3 is 14.6 Å². The lowest BCUT2D eigenvalue weighted by Gasteiger charge is -2.48. The molecule has 3 rings (SSSR count). The van der Waals surface area contributed by atoms with Gasteiger partial charge in [0.05, 0.1) is 13.2 Å². The number of ether oxygens (including phenoxy) is 1. The number of aromatic nitrogens is 2. The maximum Gasteiger partial charge on any atom is 0.293 e. The van der Waals surface area contributed by atoms with E-state index in [-0.39, 0.29) is 11.1 Å². The highest BCUT2D eigenvalue weighted by Crippen LogP contribution is 2.34. The molecule has 1 N–H and O–H groups in total. The van der Waals surface area contributed by atoms with E-state index < -0.39 is 0 Å². The molecule has 1 aliphatic heterocycles. The smallest absolute Gasteiger partial charge is 0.293 e. The summed E-state index contributed by atoms with van der Waals surface area (Å²) >= 11 is 0. The van der Waals surface area contributed by atoms with E-state index in [9.17, 15) is 4.79 Å². The normalized spacial score (nSPS) is 21.4. The molecule has 2 aliphatic rings. The van der Waals surface area contributed by atoms with Crippen LogP contribution in [-0.4, -0.2) is 52.8 Å². The van der Waals surface area contributed by atoms with Gasteiger partial charge in [-0.1, -0.05) is 33.1 Å². The minimum atomic E-state index is -0.0101. The van der Waals surface area contributed by atoms with Gasteiger partial charge in [0.2, 0.25) is 0 Å². The Kier molecular flexibility index (Phi) is 6.12. The average molecular weight is 348 g/mol. The second kappa shape index (κ2) is 8.32. The number of morpholine rings is 1. The largest absolute Gasteiger partial charge is 0.379 e. The van der Waals surface area contributed by atoms with E-state index >= 15 is 0 Å². The zero-order chi connectivity index (χ0) is 17.7. The molecule has 0 spiro atoms. The number of hydrogen-bond acceptors (Lipinski definition) is 5. The summed E-state index contributed by atoms with van der Waals surface area (Å²) in [7, 11) is 0. The molecule has 0 aromatic carbocycles. The van der Waals surface area contributed by atoms with Crippen molar-refractivity contribution in [2.24, 2.45) is 5.92 Å². The van der Waals surface area contributed by atoms with Crippen LogP contribution in [0.5, 0.6) is 0 Å². The number of rotatable bonds is 6. The third-order valence-corrected chi connectivity index (χ3v) is 5.53. The first-order chi connectivity index (χ1) is 12.1. The predicted octanol–water partition coefficient (Wildman–Crippen LogP) is 2.35. The van der Waals surface area contributed by atoms with Gasteiger partial charge in [-0.25, -0.2) is 4.98 Å². The minimum absolute atomic E-state index is 0.0101. The maximum atomic E-state index is 12.7. The first-order valence-electron chi connectivity index (χ1n) is 9.73. The van der Waals surface area contributed by atoms with Gasteiger partial charge in [-0.2, -0.15) is 0 Å². The summed E-state index contributed by atoms with van der Waals surface area (Å²) < 4.78 is 7.31. The molecular formula is C19H32N4O2. The van der Waals surface area contributed by atoms with E-state index in [4.69, 9.17) is 4.74 Å². The van der Waals surface area contributed by atoms with E-state index in [1.165, 1.54) is 32.1 Å². The molecule has 6 nitrogen and oxygen atoms in total. The summed E-state index contributed by atoms with van der Waals surface area (Å²) in [6.07, 6.45) is 9.73. The van der Waals surface area contributed by atoms with E-state index in [0.29, 0.717) is 11.7 Å². The fraction of sp³-hybridized carbons (Fsp3) is 0.789. The van der Waals surface area contributed by atoms with Crippen LogP contribution < -0.4 is 10.9 Å². The van der Waals surface area contributed by atoms with Crippen molar-refractivity contribution in [3.63, 3.8) is 0 Å². The lowest BCUT2D eigenvalue weighted by molar-refractivity contribution is -0.0318. The Bertz CT molecular complexity index is 602. The lowest BCUT2D eigenvalue weighted by Crippen LogP contribution is -2.58.